The van der Waals surface area contributed by atoms with E-state index in [2.05, 4.69) is 6.92 Å². The summed E-state index contributed by atoms with van der Waals surface area (Å²) in [4.78, 5) is 0. The Bertz CT molecular complexity index is 101. The maximum atomic E-state index is 10.6. The third-order valence-corrected chi connectivity index (χ3v) is 4.00. The van der Waals surface area contributed by atoms with E-state index < -0.39 is 10.4 Å². The fraction of sp³-hybridized carbons (Fsp3) is 1.00. The molecular weight excluding hydrogens is 215 g/mol. The number of rotatable bonds is 7. The molecule has 0 aliphatic rings. The maximum Gasteiger partial charge on any atom is 0.207 e. The van der Waals surface area contributed by atoms with Crippen LogP contribution in [0, 0.1) is 0 Å². The van der Waals surface area contributed by atoms with Gasteiger partial charge in [-0.3, -0.25) is 0 Å². The third kappa shape index (κ3) is 7.53. The highest BCUT2D eigenvalue weighted by Crippen LogP contribution is 2.18. The Balaban J connectivity index is 3.08. The van der Waals surface area contributed by atoms with Gasteiger partial charge in [-0.2, -0.15) is 0 Å². The highest BCUT2D eigenvalue weighted by Gasteiger charge is 2.16. The van der Waals surface area contributed by atoms with E-state index in [4.69, 9.17) is 22.3 Å². The van der Waals surface area contributed by atoms with E-state index in [9.17, 15) is 4.55 Å². The van der Waals surface area contributed by atoms with Gasteiger partial charge in [0.25, 0.3) is 0 Å². The summed E-state index contributed by atoms with van der Waals surface area (Å²) in [5.41, 5.74) is 0. The van der Waals surface area contributed by atoms with Gasteiger partial charge in [-0.1, -0.05) is 44.2 Å². The van der Waals surface area contributed by atoms with Gasteiger partial charge in [0.15, 0.2) is 10.7 Å². The molecule has 0 bridgehead atoms. The molecule has 0 rings (SSSR count). The fourth-order valence-corrected chi connectivity index (χ4v) is 1.77. The van der Waals surface area contributed by atoms with Crippen LogP contribution in [0.4, 0.5) is 0 Å². The van der Waals surface area contributed by atoms with Gasteiger partial charge in [-0.25, -0.2) is 0 Å². The summed E-state index contributed by atoms with van der Waals surface area (Å²) < 4.78 is 10.2. The second kappa shape index (κ2) is 8.49. The lowest BCUT2D eigenvalue weighted by molar-refractivity contribution is 0.587. The van der Waals surface area contributed by atoms with Crippen molar-refractivity contribution in [3.05, 3.63) is 0 Å². The van der Waals surface area contributed by atoms with Crippen LogP contribution in [0.5, 0.6) is 0 Å². The van der Waals surface area contributed by atoms with Crippen molar-refractivity contribution in [2.75, 3.05) is 0 Å². The molecule has 0 N–H and O–H groups in total. The van der Waals surface area contributed by atoms with Crippen LogP contribution in [0.2, 0.25) is 0 Å². The van der Waals surface area contributed by atoms with Crippen molar-refractivity contribution in [1.29, 1.82) is 0 Å². The first-order valence-electron chi connectivity index (χ1n) is 4.39. The highest BCUT2D eigenvalue weighted by atomic mass is 35.7. The molecule has 0 saturated heterocycles. The molecule has 12 heavy (non-hydrogen) atoms. The van der Waals surface area contributed by atoms with Crippen molar-refractivity contribution in [3.63, 3.8) is 0 Å². The minimum atomic E-state index is -1.38. The molecule has 0 spiro atoms. The van der Waals surface area contributed by atoms with Crippen LogP contribution in [0.15, 0.2) is 0 Å². The second-order valence-electron chi connectivity index (χ2n) is 2.86. The van der Waals surface area contributed by atoms with Gasteiger partial charge in [0.05, 0.1) is 10.4 Å². The lowest BCUT2D eigenvalue weighted by atomic mass is 10.1. The SMILES string of the molecule is CCCCCCCC(Cl)[S+]([O-])Cl. The molecule has 0 aromatic heterocycles. The van der Waals surface area contributed by atoms with Crippen molar-refractivity contribution in [2.24, 2.45) is 0 Å². The lowest BCUT2D eigenvalue weighted by Crippen LogP contribution is -2.07. The molecule has 0 saturated carbocycles. The molecule has 2 atom stereocenters. The van der Waals surface area contributed by atoms with Crippen molar-refractivity contribution in [1.82, 2.24) is 0 Å². The molecule has 0 heterocycles. The molecule has 4 heteroatoms. The Morgan fingerprint density at radius 1 is 1.25 bits per heavy atom. The minimum absolute atomic E-state index is 0.367. The van der Waals surface area contributed by atoms with Gasteiger partial charge in [0.1, 0.15) is 0 Å². The van der Waals surface area contributed by atoms with Crippen LogP contribution < -0.4 is 0 Å². The summed E-state index contributed by atoms with van der Waals surface area (Å²) in [7, 11) is 3.93. The molecule has 0 amide bonds. The molecule has 0 radical (unpaired) electrons. The van der Waals surface area contributed by atoms with Crippen molar-refractivity contribution >= 4 is 32.7 Å². The topological polar surface area (TPSA) is 23.1 Å². The molecular formula is C8H16Cl2OS. The summed E-state index contributed by atoms with van der Waals surface area (Å²) in [6.45, 7) is 2.18. The molecule has 0 aliphatic heterocycles. The number of alkyl halides is 1. The maximum absolute atomic E-state index is 10.6. The Hall–Kier alpha value is 0.890. The first-order valence-corrected chi connectivity index (χ1v) is 6.87. The largest absolute Gasteiger partial charge is 0.598 e. The predicted octanol–water partition coefficient (Wildman–Crippen LogP) is 3.81. The van der Waals surface area contributed by atoms with Gasteiger partial charge < -0.3 is 4.55 Å². The molecule has 1 nitrogen and oxygen atoms in total. The quantitative estimate of drug-likeness (QED) is 0.371. The van der Waals surface area contributed by atoms with E-state index in [1.807, 2.05) is 0 Å². The Morgan fingerprint density at radius 3 is 2.33 bits per heavy atom. The van der Waals surface area contributed by atoms with Gasteiger partial charge >= 0.3 is 0 Å². The van der Waals surface area contributed by atoms with Crippen LogP contribution in [0.3, 0.4) is 0 Å². The zero-order valence-corrected chi connectivity index (χ0v) is 9.72. The van der Waals surface area contributed by atoms with Crippen LogP contribution >= 0.6 is 22.3 Å². The van der Waals surface area contributed by atoms with E-state index >= 15 is 0 Å². The number of unbranched alkanes of at least 4 members (excludes halogenated alkanes) is 4. The van der Waals surface area contributed by atoms with Gasteiger partial charge in [0, 0.05) is 6.42 Å². The van der Waals surface area contributed by atoms with E-state index in [0.29, 0.717) is 0 Å². The molecule has 2 unspecified atom stereocenters. The Kier molecular flexibility index (Phi) is 9.12. The first-order chi connectivity index (χ1) is 5.68. The monoisotopic (exact) mass is 230 g/mol. The summed E-state index contributed by atoms with van der Waals surface area (Å²) in [5.74, 6) is 0. The van der Waals surface area contributed by atoms with Crippen molar-refractivity contribution in [2.45, 2.75) is 50.2 Å². The molecule has 0 fully saturated rings. The van der Waals surface area contributed by atoms with Gasteiger partial charge in [-0.15, -0.1) is 0 Å². The molecule has 0 aliphatic carbocycles. The highest BCUT2D eigenvalue weighted by molar-refractivity contribution is 8.15. The number of hydrogen-bond acceptors (Lipinski definition) is 1. The van der Waals surface area contributed by atoms with Crippen molar-refractivity contribution in [3.8, 4) is 0 Å². The minimum Gasteiger partial charge on any atom is -0.598 e. The van der Waals surface area contributed by atoms with E-state index in [1.165, 1.54) is 25.7 Å². The lowest BCUT2D eigenvalue weighted by Gasteiger charge is -2.07. The number of halogens is 2. The molecule has 0 aromatic carbocycles. The second-order valence-corrected chi connectivity index (χ2v) is 5.62. The average Bonchev–Trinajstić information content (AvgIpc) is 2.03. The normalized spacial score (nSPS) is 16.0. The van der Waals surface area contributed by atoms with Gasteiger partial charge in [0.2, 0.25) is 4.71 Å². The van der Waals surface area contributed by atoms with Crippen LogP contribution in [-0.2, 0) is 10.4 Å². The van der Waals surface area contributed by atoms with Crippen LogP contribution in [-0.4, -0.2) is 9.26 Å². The zero-order valence-electron chi connectivity index (χ0n) is 7.39. The summed E-state index contributed by atoms with van der Waals surface area (Å²) in [5, 5.41) is 0. The number of hydrogen-bond donors (Lipinski definition) is 0. The standard InChI is InChI=1S/C8H16Cl2OS/c1-2-3-4-5-6-7-8(9)12(10)11/h8H,2-7H2,1H3. The van der Waals surface area contributed by atoms with Crippen LogP contribution in [0.1, 0.15) is 45.4 Å². The van der Waals surface area contributed by atoms with Gasteiger partial charge in [-0.05, 0) is 6.42 Å². The predicted molar refractivity (Wildman–Crippen MR) is 57.0 cm³/mol. The average molecular weight is 231 g/mol. The first kappa shape index (κ1) is 12.9. The van der Waals surface area contributed by atoms with E-state index in [-0.39, 0.29) is 4.71 Å². The van der Waals surface area contributed by atoms with E-state index in [1.54, 1.807) is 0 Å². The Labute approximate surface area is 87.5 Å². The van der Waals surface area contributed by atoms with Crippen LogP contribution in [0.25, 0.3) is 0 Å². The summed E-state index contributed by atoms with van der Waals surface area (Å²) in [6.07, 6.45) is 6.73. The summed E-state index contributed by atoms with van der Waals surface area (Å²) >= 11 is 5.70. The fourth-order valence-electron chi connectivity index (χ4n) is 1.00. The summed E-state index contributed by atoms with van der Waals surface area (Å²) in [6, 6.07) is 0. The van der Waals surface area contributed by atoms with Crippen molar-refractivity contribution < 1.29 is 4.55 Å². The Morgan fingerprint density at radius 2 is 1.83 bits per heavy atom. The third-order valence-electron chi connectivity index (χ3n) is 1.74. The molecule has 74 valence electrons. The zero-order chi connectivity index (χ0) is 9.40. The smallest absolute Gasteiger partial charge is 0.207 e. The molecule has 0 aromatic rings. The van der Waals surface area contributed by atoms with E-state index in [0.717, 1.165) is 12.8 Å².